The number of hydrogen-bond donors (Lipinski definition) is 2. The lowest BCUT2D eigenvalue weighted by atomic mass is 10.1. The van der Waals surface area contributed by atoms with Crippen molar-refractivity contribution in [2.45, 2.75) is 20.8 Å². The minimum atomic E-state index is 0. The van der Waals surface area contributed by atoms with Crippen LogP contribution in [-0.2, 0) is 0 Å². The Morgan fingerprint density at radius 3 is 2.32 bits per heavy atom. The summed E-state index contributed by atoms with van der Waals surface area (Å²) < 4.78 is 0. The number of halogens is 1. The van der Waals surface area contributed by atoms with Gasteiger partial charge in [0.2, 0.25) is 0 Å². The monoisotopic (exact) mass is 313 g/mol. The van der Waals surface area contributed by atoms with Crippen molar-refractivity contribution in [3.05, 3.63) is 65.0 Å². The van der Waals surface area contributed by atoms with Gasteiger partial charge in [-0.05, 0) is 56.2 Å². The van der Waals surface area contributed by atoms with Gasteiger partial charge in [-0.3, -0.25) is 4.99 Å². The molecule has 0 aliphatic carbocycles. The second-order valence-electron chi connectivity index (χ2n) is 5.34. The summed E-state index contributed by atoms with van der Waals surface area (Å²) in [6.07, 6.45) is 3.84. The van der Waals surface area contributed by atoms with Gasteiger partial charge >= 0.3 is 0 Å². The molecule has 0 aliphatic heterocycles. The average Bonchev–Trinajstić information content (AvgIpc) is 3.10. The first-order valence-electron chi connectivity index (χ1n) is 7.09. The molecule has 2 heterocycles. The van der Waals surface area contributed by atoms with Crippen molar-refractivity contribution < 1.29 is 0 Å². The fourth-order valence-corrected chi connectivity index (χ4v) is 2.37. The molecule has 0 unspecified atom stereocenters. The average molecular weight is 314 g/mol. The molecular weight excluding hydrogens is 294 g/mol. The quantitative estimate of drug-likeness (QED) is 0.631. The predicted octanol–water partition coefficient (Wildman–Crippen LogP) is 5.11. The number of aryl methyl sites for hydroxylation is 1. The van der Waals surface area contributed by atoms with Crippen LogP contribution in [0.2, 0.25) is 0 Å². The van der Waals surface area contributed by atoms with E-state index in [1.807, 2.05) is 30.6 Å². The van der Waals surface area contributed by atoms with E-state index in [2.05, 4.69) is 53.9 Å². The van der Waals surface area contributed by atoms with Gasteiger partial charge in [-0.1, -0.05) is 17.7 Å². The summed E-state index contributed by atoms with van der Waals surface area (Å²) in [5.41, 5.74) is 7.98. The predicted molar refractivity (Wildman–Crippen MR) is 95.7 cm³/mol. The fourth-order valence-electron chi connectivity index (χ4n) is 2.37. The van der Waals surface area contributed by atoms with Gasteiger partial charge in [0.1, 0.15) is 0 Å². The first-order valence-corrected chi connectivity index (χ1v) is 7.09. The Morgan fingerprint density at radius 1 is 0.955 bits per heavy atom. The van der Waals surface area contributed by atoms with Crippen molar-refractivity contribution >= 4 is 24.3 Å². The lowest BCUT2D eigenvalue weighted by molar-refractivity contribution is 1.30. The normalized spacial score (nSPS) is 10.9. The lowest BCUT2D eigenvalue weighted by Crippen LogP contribution is -1.84. The smallest absolute Gasteiger partial charge is 0.0656 e. The zero-order valence-electron chi connectivity index (χ0n) is 13.0. The molecular formula is C18H20ClN3. The summed E-state index contributed by atoms with van der Waals surface area (Å²) in [6, 6.07) is 12.3. The maximum atomic E-state index is 4.55. The molecule has 0 atom stereocenters. The summed E-state index contributed by atoms with van der Waals surface area (Å²) in [4.78, 5) is 11.2. The minimum absolute atomic E-state index is 0. The molecule has 3 nitrogen and oxygen atoms in total. The van der Waals surface area contributed by atoms with Crippen LogP contribution in [0.1, 0.15) is 22.4 Å². The molecule has 3 aromatic rings. The Labute approximate surface area is 136 Å². The maximum absolute atomic E-state index is 4.55. The van der Waals surface area contributed by atoms with Gasteiger partial charge in [-0.25, -0.2) is 0 Å². The number of H-pyrrole nitrogens is 2. The number of nitrogens with one attached hydrogen (secondary N) is 2. The van der Waals surface area contributed by atoms with Crippen LogP contribution in [0.4, 0.5) is 5.69 Å². The Hall–Kier alpha value is -2.26. The summed E-state index contributed by atoms with van der Waals surface area (Å²) >= 11 is 0. The van der Waals surface area contributed by atoms with E-state index in [9.17, 15) is 0 Å². The van der Waals surface area contributed by atoms with Crippen molar-refractivity contribution in [3.63, 3.8) is 0 Å². The van der Waals surface area contributed by atoms with E-state index >= 15 is 0 Å². The third-order valence-electron chi connectivity index (χ3n) is 3.85. The number of aliphatic imine (C=N–C) groups is 1. The highest BCUT2D eigenvalue weighted by molar-refractivity contribution is 5.85. The summed E-state index contributed by atoms with van der Waals surface area (Å²) in [5, 5.41) is 0. The molecule has 2 N–H and O–H groups in total. The second-order valence-corrected chi connectivity index (χ2v) is 5.34. The highest BCUT2D eigenvalue weighted by Gasteiger charge is 2.11. The molecule has 0 saturated heterocycles. The van der Waals surface area contributed by atoms with E-state index in [0.717, 1.165) is 22.8 Å². The molecule has 0 bridgehead atoms. The standard InChI is InChI=1S/C18H19N3.ClH/c1-12-6-8-15(9-7-12)20-11-17-13(2)14(3)18(21-17)16-5-4-10-19-16;/h4-11,19,21H,1-3H3;1H. The van der Waals surface area contributed by atoms with Gasteiger partial charge in [0.15, 0.2) is 0 Å². The highest BCUT2D eigenvalue weighted by Crippen LogP contribution is 2.25. The minimum Gasteiger partial charge on any atom is -0.360 e. The summed E-state index contributed by atoms with van der Waals surface area (Å²) in [5.74, 6) is 0. The van der Waals surface area contributed by atoms with Gasteiger partial charge in [0.05, 0.1) is 29.0 Å². The largest absolute Gasteiger partial charge is 0.360 e. The van der Waals surface area contributed by atoms with E-state index < -0.39 is 0 Å². The number of nitrogens with zero attached hydrogens (tertiary/aromatic N) is 1. The van der Waals surface area contributed by atoms with E-state index in [1.54, 1.807) is 0 Å². The Balaban J connectivity index is 0.00000176. The number of hydrogen-bond acceptors (Lipinski definition) is 1. The van der Waals surface area contributed by atoms with Crippen LogP contribution in [0.15, 0.2) is 47.6 Å². The van der Waals surface area contributed by atoms with Crippen molar-refractivity contribution in [1.82, 2.24) is 9.97 Å². The topological polar surface area (TPSA) is 43.9 Å². The van der Waals surface area contributed by atoms with Gasteiger partial charge in [0.25, 0.3) is 0 Å². The van der Waals surface area contributed by atoms with Crippen LogP contribution in [0.5, 0.6) is 0 Å². The highest BCUT2D eigenvalue weighted by atomic mass is 35.5. The molecule has 0 fully saturated rings. The molecule has 0 spiro atoms. The zero-order chi connectivity index (χ0) is 14.8. The van der Waals surface area contributed by atoms with E-state index in [-0.39, 0.29) is 12.4 Å². The van der Waals surface area contributed by atoms with Gasteiger partial charge < -0.3 is 9.97 Å². The van der Waals surface area contributed by atoms with E-state index in [1.165, 1.54) is 16.7 Å². The number of aromatic amines is 2. The maximum Gasteiger partial charge on any atom is 0.0656 e. The number of aromatic nitrogens is 2. The van der Waals surface area contributed by atoms with Crippen LogP contribution in [-0.4, -0.2) is 16.2 Å². The molecule has 0 radical (unpaired) electrons. The number of benzene rings is 1. The SMILES string of the molecule is Cc1ccc(N=Cc2[nH]c(-c3ccc[nH]3)c(C)c2C)cc1.Cl. The van der Waals surface area contributed by atoms with Crippen LogP contribution in [0.3, 0.4) is 0 Å². The fraction of sp³-hybridized carbons (Fsp3) is 0.167. The third-order valence-corrected chi connectivity index (χ3v) is 3.85. The Morgan fingerprint density at radius 2 is 1.68 bits per heavy atom. The molecule has 0 aliphatic rings. The lowest BCUT2D eigenvalue weighted by Gasteiger charge is -1.95. The van der Waals surface area contributed by atoms with Gasteiger partial charge in [0, 0.05) is 6.20 Å². The molecule has 2 aromatic heterocycles. The zero-order valence-corrected chi connectivity index (χ0v) is 13.8. The van der Waals surface area contributed by atoms with Crippen LogP contribution in [0, 0.1) is 20.8 Å². The van der Waals surface area contributed by atoms with Crippen LogP contribution in [0.25, 0.3) is 11.4 Å². The van der Waals surface area contributed by atoms with Crippen molar-refractivity contribution in [2.24, 2.45) is 4.99 Å². The second kappa shape index (κ2) is 6.67. The van der Waals surface area contributed by atoms with Crippen molar-refractivity contribution in [2.75, 3.05) is 0 Å². The summed E-state index contributed by atoms with van der Waals surface area (Å²) in [6.45, 7) is 6.33. The molecule has 3 rings (SSSR count). The van der Waals surface area contributed by atoms with Crippen LogP contribution >= 0.6 is 12.4 Å². The van der Waals surface area contributed by atoms with Crippen molar-refractivity contribution in [1.29, 1.82) is 0 Å². The first-order chi connectivity index (χ1) is 10.1. The molecule has 4 heteroatoms. The molecule has 1 aromatic carbocycles. The van der Waals surface area contributed by atoms with Gasteiger partial charge in [-0.15, -0.1) is 12.4 Å². The molecule has 0 saturated carbocycles. The Kier molecular flexibility index (Phi) is 4.88. The van der Waals surface area contributed by atoms with Crippen molar-refractivity contribution in [3.8, 4) is 11.4 Å². The molecule has 114 valence electrons. The van der Waals surface area contributed by atoms with E-state index in [4.69, 9.17) is 0 Å². The third kappa shape index (κ3) is 3.15. The molecule has 0 amide bonds. The first kappa shape index (κ1) is 16.1. The Bertz CT molecular complexity index is 766. The number of rotatable bonds is 3. The van der Waals surface area contributed by atoms with Gasteiger partial charge in [-0.2, -0.15) is 0 Å². The summed E-state index contributed by atoms with van der Waals surface area (Å²) in [7, 11) is 0. The molecule has 22 heavy (non-hydrogen) atoms. The van der Waals surface area contributed by atoms with E-state index in [0.29, 0.717) is 0 Å². The van der Waals surface area contributed by atoms with Crippen LogP contribution < -0.4 is 0 Å².